The molecule has 0 unspecified atom stereocenters. The highest BCUT2D eigenvalue weighted by molar-refractivity contribution is 9.10. The van der Waals surface area contributed by atoms with Crippen LogP contribution >= 0.6 is 15.9 Å². The zero-order valence-electron chi connectivity index (χ0n) is 14.8. The molecule has 0 fully saturated rings. The number of benzene rings is 2. The highest BCUT2D eigenvalue weighted by Gasteiger charge is 2.25. The minimum Gasteiger partial charge on any atom is -0.493 e. The van der Waals surface area contributed by atoms with E-state index in [9.17, 15) is 0 Å². The molecule has 3 rings (SSSR count). The molecule has 0 amide bonds. The lowest BCUT2D eigenvalue weighted by atomic mass is 10.0. The van der Waals surface area contributed by atoms with Gasteiger partial charge in [-0.2, -0.15) is 15.4 Å². The fraction of sp³-hybridized carbons (Fsp3) is 0.222. The molecule has 0 bridgehead atoms. The van der Waals surface area contributed by atoms with Crippen molar-refractivity contribution < 1.29 is 18.9 Å². The fourth-order valence-electron chi connectivity index (χ4n) is 2.74. The van der Waals surface area contributed by atoms with Crippen LogP contribution in [0.4, 0.5) is 0 Å². The second-order valence-electron chi connectivity index (χ2n) is 5.25. The average Bonchev–Trinajstić information content (AvgIpc) is 3.16. The largest absolute Gasteiger partial charge is 0.493 e. The molecule has 0 aliphatic rings. The maximum atomic E-state index is 5.59. The number of ether oxygens (including phenoxy) is 4. The van der Waals surface area contributed by atoms with Crippen molar-refractivity contribution >= 4 is 15.9 Å². The molecule has 1 aromatic heterocycles. The molecule has 136 valence electrons. The Morgan fingerprint density at radius 2 is 1.38 bits per heavy atom. The standard InChI is InChI=1S/C18H18BrN3O4/c1-23-13-9-12(16(24-2)18(26-4)17(13)25-3)15-14(20-22-21-15)10-5-7-11(19)8-6-10/h5-9H,1-4H3,(H,20,21,22). The van der Waals surface area contributed by atoms with Gasteiger partial charge in [-0.15, -0.1) is 0 Å². The van der Waals surface area contributed by atoms with Crippen LogP contribution in [-0.4, -0.2) is 43.8 Å². The Balaban J connectivity index is 2.25. The highest BCUT2D eigenvalue weighted by atomic mass is 79.9. The lowest BCUT2D eigenvalue weighted by Crippen LogP contribution is -2.00. The zero-order valence-corrected chi connectivity index (χ0v) is 16.4. The molecule has 0 spiro atoms. The predicted molar refractivity (Wildman–Crippen MR) is 101 cm³/mol. The van der Waals surface area contributed by atoms with E-state index < -0.39 is 0 Å². The van der Waals surface area contributed by atoms with Gasteiger partial charge in [-0.25, -0.2) is 0 Å². The van der Waals surface area contributed by atoms with Crippen LogP contribution < -0.4 is 18.9 Å². The van der Waals surface area contributed by atoms with Crippen molar-refractivity contribution in [3.63, 3.8) is 0 Å². The van der Waals surface area contributed by atoms with E-state index in [1.165, 1.54) is 0 Å². The fourth-order valence-corrected chi connectivity index (χ4v) is 3.00. The number of nitrogens with zero attached hydrogens (tertiary/aromatic N) is 2. The first kappa shape index (κ1) is 18.1. The van der Waals surface area contributed by atoms with Crippen LogP contribution in [0.1, 0.15) is 0 Å². The first-order valence-electron chi connectivity index (χ1n) is 7.68. The van der Waals surface area contributed by atoms with E-state index in [2.05, 4.69) is 31.3 Å². The SMILES string of the molecule is COc1cc(-c2n[nH]nc2-c2ccc(Br)cc2)c(OC)c(OC)c1OC. The molecule has 2 aromatic carbocycles. The summed E-state index contributed by atoms with van der Waals surface area (Å²) in [6, 6.07) is 9.59. The topological polar surface area (TPSA) is 78.5 Å². The molecule has 0 aliphatic heterocycles. The van der Waals surface area contributed by atoms with Gasteiger partial charge in [0.1, 0.15) is 11.4 Å². The number of hydrogen-bond acceptors (Lipinski definition) is 6. The Kier molecular flexibility index (Phi) is 5.32. The third-order valence-corrected chi connectivity index (χ3v) is 4.44. The summed E-state index contributed by atoms with van der Waals surface area (Å²) >= 11 is 3.44. The summed E-state index contributed by atoms with van der Waals surface area (Å²) in [7, 11) is 6.21. The van der Waals surface area contributed by atoms with E-state index in [4.69, 9.17) is 18.9 Å². The molecule has 7 nitrogen and oxygen atoms in total. The number of methoxy groups -OCH3 is 4. The summed E-state index contributed by atoms with van der Waals surface area (Å²) in [4.78, 5) is 0. The summed E-state index contributed by atoms with van der Waals surface area (Å²) in [5, 5.41) is 11.3. The number of rotatable bonds is 6. The van der Waals surface area contributed by atoms with E-state index in [1.54, 1.807) is 34.5 Å². The van der Waals surface area contributed by atoms with Gasteiger partial charge in [-0.3, -0.25) is 0 Å². The number of halogens is 1. The van der Waals surface area contributed by atoms with Gasteiger partial charge < -0.3 is 18.9 Å². The Bertz CT molecular complexity index is 910. The Morgan fingerprint density at radius 3 is 1.96 bits per heavy atom. The molecular weight excluding hydrogens is 402 g/mol. The summed E-state index contributed by atoms with van der Waals surface area (Å²) in [5.74, 6) is 1.86. The normalized spacial score (nSPS) is 10.5. The number of nitrogens with one attached hydrogen (secondary N) is 1. The van der Waals surface area contributed by atoms with Crippen molar-refractivity contribution in [1.82, 2.24) is 15.4 Å². The quantitative estimate of drug-likeness (QED) is 0.651. The molecule has 0 saturated heterocycles. The lowest BCUT2D eigenvalue weighted by Gasteiger charge is -2.18. The van der Waals surface area contributed by atoms with Crippen LogP contribution in [0.15, 0.2) is 34.8 Å². The molecule has 8 heteroatoms. The summed E-state index contributed by atoms with van der Waals surface area (Å²) in [5.41, 5.74) is 2.88. The highest BCUT2D eigenvalue weighted by Crippen LogP contribution is 2.50. The summed E-state index contributed by atoms with van der Waals surface area (Å²) < 4.78 is 23.0. The van der Waals surface area contributed by atoms with Crippen molar-refractivity contribution in [3.8, 4) is 45.5 Å². The molecule has 0 saturated carbocycles. The monoisotopic (exact) mass is 419 g/mol. The van der Waals surface area contributed by atoms with Crippen molar-refractivity contribution in [2.45, 2.75) is 0 Å². The summed E-state index contributed by atoms with van der Waals surface area (Å²) in [6.07, 6.45) is 0. The lowest BCUT2D eigenvalue weighted by molar-refractivity contribution is 0.306. The van der Waals surface area contributed by atoms with Gasteiger partial charge in [-0.05, 0) is 18.2 Å². The van der Waals surface area contributed by atoms with E-state index in [0.29, 0.717) is 39.9 Å². The van der Waals surface area contributed by atoms with Gasteiger partial charge in [0.05, 0.1) is 34.0 Å². The Labute approximate surface area is 159 Å². The zero-order chi connectivity index (χ0) is 18.7. The minimum absolute atomic E-state index is 0.425. The minimum atomic E-state index is 0.425. The van der Waals surface area contributed by atoms with Crippen LogP contribution in [0.25, 0.3) is 22.5 Å². The Morgan fingerprint density at radius 1 is 0.769 bits per heavy atom. The van der Waals surface area contributed by atoms with E-state index >= 15 is 0 Å². The van der Waals surface area contributed by atoms with Crippen molar-refractivity contribution in [2.75, 3.05) is 28.4 Å². The van der Waals surface area contributed by atoms with Gasteiger partial charge in [0, 0.05) is 10.0 Å². The van der Waals surface area contributed by atoms with Crippen LogP contribution in [0, 0.1) is 0 Å². The van der Waals surface area contributed by atoms with Gasteiger partial charge in [0.15, 0.2) is 11.5 Å². The van der Waals surface area contributed by atoms with E-state index in [0.717, 1.165) is 10.0 Å². The predicted octanol–water partition coefficient (Wildman–Crippen LogP) is 3.94. The van der Waals surface area contributed by atoms with Gasteiger partial charge in [0.2, 0.25) is 11.5 Å². The molecule has 1 heterocycles. The van der Waals surface area contributed by atoms with Crippen molar-refractivity contribution in [2.24, 2.45) is 0 Å². The van der Waals surface area contributed by atoms with Crippen molar-refractivity contribution in [3.05, 3.63) is 34.8 Å². The summed E-state index contributed by atoms with van der Waals surface area (Å²) in [6.45, 7) is 0. The molecule has 26 heavy (non-hydrogen) atoms. The molecule has 1 N–H and O–H groups in total. The molecular formula is C18H18BrN3O4. The maximum Gasteiger partial charge on any atom is 0.207 e. The number of H-pyrrole nitrogens is 1. The third kappa shape index (κ3) is 3.08. The second-order valence-corrected chi connectivity index (χ2v) is 6.17. The Hall–Kier alpha value is -2.74. The molecule has 0 aliphatic carbocycles. The van der Waals surface area contributed by atoms with Gasteiger partial charge in [0.25, 0.3) is 0 Å². The molecule has 0 radical (unpaired) electrons. The third-order valence-electron chi connectivity index (χ3n) is 3.91. The first-order valence-corrected chi connectivity index (χ1v) is 8.47. The smallest absolute Gasteiger partial charge is 0.207 e. The van der Waals surface area contributed by atoms with Crippen molar-refractivity contribution in [1.29, 1.82) is 0 Å². The van der Waals surface area contributed by atoms with E-state index in [-0.39, 0.29) is 0 Å². The van der Waals surface area contributed by atoms with Crippen LogP contribution in [0.5, 0.6) is 23.0 Å². The number of aromatic amines is 1. The van der Waals surface area contributed by atoms with Crippen LogP contribution in [0.2, 0.25) is 0 Å². The molecule has 0 atom stereocenters. The van der Waals surface area contributed by atoms with E-state index in [1.807, 2.05) is 24.3 Å². The molecule has 3 aromatic rings. The first-order chi connectivity index (χ1) is 12.6. The average molecular weight is 420 g/mol. The number of hydrogen-bond donors (Lipinski definition) is 1. The van der Waals surface area contributed by atoms with Gasteiger partial charge in [-0.1, -0.05) is 28.1 Å². The second kappa shape index (κ2) is 7.65. The number of aromatic nitrogens is 3. The van der Waals surface area contributed by atoms with Crippen LogP contribution in [0.3, 0.4) is 0 Å². The van der Waals surface area contributed by atoms with Gasteiger partial charge >= 0.3 is 0 Å². The maximum absolute atomic E-state index is 5.59. The van der Waals surface area contributed by atoms with Crippen LogP contribution in [-0.2, 0) is 0 Å².